The van der Waals surface area contributed by atoms with Crippen molar-refractivity contribution in [2.24, 2.45) is 47.3 Å². The molecule has 0 aliphatic heterocycles. The average molecular weight is 810 g/mol. The van der Waals surface area contributed by atoms with Crippen LogP contribution >= 0.6 is 11.6 Å². The molecule has 59 heavy (non-hydrogen) atoms. The quantitative estimate of drug-likeness (QED) is 0.147. The number of amides is 2. The second kappa shape index (κ2) is 16.3. The number of hydrogen-bond donors (Lipinski definition) is 2. The molecule has 0 spiro atoms. The number of carbonyl (C=O) groups is 2. The molecule has 13 rings (SSSR count). The van der Waals surface area contributed by atoms with Crippen molar-refractivity contribution in [3.63, 3.8) is 0 Å². The molecule has 10 heteroatoms. The van der Waals surface area contributed by atoms with Gasteiger partial charge in [-0.1, -0.05) is 78.3 Å². The van der Waals surface area contributed by atoms with Crippen molar-refractivity contribution >= 4 is 29.2 Å². The Morgan fingerprint density at radius 1 is 0.593 bits per heavy atom. The summed E-state index contributed by atoms with van der Waals surface area (Å²) in [6.07, 6.45) is 17.4. The molecule has 306 valence electrons. The Hall–Kier alpha value is -4.89. The number of nitrogens with one attached hydrogen (secondary N) is 2. The minimum absolute atomic E-state index is 0.0289. The smallest absolute Gasteiger partial charge is 0.256 e. The van der Waals surface area contributed by atoms with E-state index >= 15 is 0 Å². The Morgan fingerprint density at radius 3 is 1.49 bits per heavy atom. The second-order valence-electron chi connectivity index (χ2n) is 18.7. The summed E-state index contributed by atoms with van der Waals surface area (Å²) in [5.74, 6) is 7.04. The first kappa shape index (κ1) is 38.3. The van der Waals surface area contributed by atoms with Crippen molar-refractivity contribution in [2.75, 3.05) is 18.5 Å². The molecule has 0 radical (unpaired) electrons. The van der Waals surface area contributed by atoms with Crippen LogP contribution in [0.3, 0.4) is 0 Å². The number of halogens is 1. The van der Waals surface area contributed by atoms with Gasteiger partial charge in [0, 0.05) is 25.7 Å². The number of para-hydroxylation sites is 2. The Labute approximate surface area is 352 Å². The van der Waals surface area contributed by atoms with E-state index in [1.807, 2.05) is 71.4 Å². The number of aromatic nitrogens is 4. The lowest BCUT2D eigenvalue weighted by Crippen LogP contribution is -2.55. The van der Waals surface area contributed by atoms with Gasteiger partial charge in [-0.05, 0) is 148 Å². The maximum atomic E-state index is 13.7. The summed E-state index contributed by atoms with van der Waals surface area (Å²) >= 11 is 6.46. The van der Waals surface area contributed by atoms with Gasteiger partial charge in [-0.2, -0.15) is 10.2 Å². The molecule has 8 saturated carbocycles. The van der Waals surface area contributed by atoms with E-state index in [1.54, 1.807) is 17.1 Å². The van der Waals surface area contributed by atoms with Crippen molar-refractivity contribution in [2.45, 2.75) is 82.7 Å². The van der Waals surface area contributed by atoms with Crippen LogP contribution < -0.4 is 15.5 Å². The van der Waals surface area contributed by atoms with Gasteiger partial charge in [0.15, 0.2) is 0 Å². The fourth-order valence-corrected chi connectivity index (χ4v) is 13.0. The van der Waals surface area contributed by atoms with E-state index in [0.29, 0.717) is 52.0 Å². The standard InChI is InChI=1S/C29H34N4O.C20H22ClN3O/c1-32(13-12-20-8-4-2-5-9-20)29-26(19-30-33(29)25-10-6-3-7-11-25)28(34)31-27-23-15-21-14-22(17-23)18-24(27)16-21;21-19-17(11-22-24(19)16-4-2-1-3-5-16)20(25)23-18-14-7-12-6-13(9-14)10-15(18)8-12/h2-11,19,21-24,27H,12-18H2,1H3,(H,31,34);1-5,11-15,18H,6-10H2,(H,23,25). The summed E-state index contributed by atoms with van der Waals surface area (Å²) in [6, 6.07) is 30.9. The van der Waals surface area contributed by atoms with Gasteiger partial charge in [0.05, 0.1) is 29.3 Å². The van der Waals surface area contributed by atoms with E-state index in [4.69, 9.17) is 11.6 Å². The van der Waals surface area contributed by atoms with Gasteiger partial charge < -0.3 is 15.5 Å². The van der Waals surface area contributed by atoms with Gasteiger partial charge in [0.2, 0.25) is 0 Å². The van der Waals surface area contributed by atoms with Crippen molar-refractivity contribution in [1.29, 1.82) is 0 Å². The van der Waals surface area contributed by atoms with Crippen LogP contribution in [0.25, 0.3) is 11.4 Å². The van der Waals surface area contributed by atoms with Crippen LogP contribution in [0.1, 0.15) is 90.5 Å². The molecular weight excluding hydrogens is 754 g/mol. The molecule has 2 N–H and O–H groups in total. The Bertz CT molecular complexity index is 2200. The molecule has 0 atom stereocenters. The van der Waals surface area contributed by atoms with Crippen LogP contribution in [0.15, 0.2) is 103 Å². The summed E-state index contributed by atoms with van der Waals surface area (Å²) in [4.78, 5) is 28.7. The van der Waals surface area contributed by atoms with Crippen molar-refractivity contribution < 1.29 is 9.59 Å². The third kappa shape index (κ3) is 7.71. The third-order valence-corrected chi connectivity index (χ3v) is 15.3. The number of nitrogens with zero attached hydrogens (tertiary/aromatic N) is 5. The molecule has 8 aliphatic carbocycles. The summed E-state index contributed by atoms with van der Waals surface area (Å²) in [5.41, 5.74) is 4.27. The van der Waals surface area contributed by atoms with Crippen LogP contribution in [0, 0.1) is 47.3 Å². The first-order valence-corrected chi connectivity index (χ1v) is 22.5. The van der Waals surface area contributed by atoms with Crippen LogP contribution in [-0.2, 0) is 6.42 Å². The second-order valence-corrected chi connectivity index (χ2v) is 19.1. The maximum absolute atomic E-state index is 13.7. The number of carbonyl (C=O) groups excluding carboxylic acids is 2. The fourth-order valence-electron chi connectivity index (χ4n) is 12.7. The van der Waals surface area contributed by atoms with Gasteiger partial charge in [-0.3, -0.25) is 9.59 Å². The zero-order valence-corrected chi connectivity index (χ0v) is 34.8. The van der Waals surface area contributed by atoms with Crippen molar-refractivity contribution in [3.8, 4) is 11.4 Å². The van der Waals surface area contributed by atoms with Crippen LogP contribution in [0.4, 0.5) is 5.82 Å². The number of anilines is 1. The topological polar surface area (TPSA) is 97.1 Å². The monoisotopic (exact) mass is 809 g/mol. The zero-order chi connectivity index (χ0) is 40.0. The van der Waals surface area contributed by atoms with Crippen LogP contribution in [0.5, 0.6) is 0 Å². The van der Waals surface area contributed by atoms with Gasteiger partial charge >= 0.3 is 0 Å². The highest BCUT2D eigenvalue weighted by atomic mass is 35.5. The number of hydrogen-bond acceptors (Lipinski definition) is 5. The van der Waals surface area contributed by atoms with Crippen LogP contribution in [-0.4, -0.2) is 57.1 Å². The Kier molecular flexibility index (Phi) is 10.6. The van der Waals surface area contributed by atoms with E-state index in [2.05, 4.69) is 57.0 Å². The van der Waals surface area contributed by atoms with E-state index in [0.717, 1.165) is 53.8 Å². The van der Waals surface area contributed by atoms with E-state index in [-0.39, 0.29) is 11.8 Å². The first-order valence-electron chi connectivity index (χ1n) is 22.1. The van der Waals surface area contributed by atoms with E-state index in [1.165, 1.54) is 69.8 Å². The molecule has 2 heterocycles. The Balaban J connectivity index is 0.000000149. The lowest BCUT2D eigenvalue weighted by molar-refractivity contribution is -0.0119. The van der Waals surface area contributed by atoms with Crippen LogP contribution in [0.2, 0.25) is 5.15 Å². The van der Waals surface area contributed by atoms with E-state index in [9.17, 15) is 9.59 Å². The summed E-state index contributed by atoms with van der Waals surface area (Å²) < 4.78 is 3.53. The normalized spacial score (nSPS) is 29.5. The number of likely N-dealkylation sites (N-methyl/N-ethyl adjacent to an activating group) is 1. The van der Waals surface area contributed by atoms with Gasteiger partial charge in [0.1, 0.15) is 16.5 Å². The molecule has 3 aromatic carbocycles. The number of rotatable bonds is 10. The molecule has 5 aromatic rings. The molecule has 0 saturated heterocycles. The molecule has 8 aliphatic rings. The SMILES string of the molecule is CN(CCc1ccccc1)c1c(C(=O)NC2C3CC4CC(C3)CC2C4)cnn1-c1ccccc1.O=C(NC1C2CC3CC(C2)CC1C3)c1cnn(-c2ccccc2)c1Cl. The van der Waals surface area contributed by atoms with Crippen molar-refractivity contribution in [3.05, 3.63) is 125 Å². The molecule has 2 amide bonds. The molecule has 9 nitrogen and oxygen atoms in total. The summed E-state index contributed by atoms with van der Waals surface area (Å²) in [7, 11) is 2.07. The molecule has 2 aromatic heterocycles. The van der Waals surface area contributed by atoms with E-state index < -0.39 is 0 Å². The summed E-state index contributed by atoms with van der Waals surface area (Å²) in [5, 5.41) is 16.2. The van der Waals surface area contributed by atoms with Gasteiger partial charge in [-0.15, -0.1) is 0 Å². The largest absolute Gasteiger partial charge is 0.359 e. The zero-order valence-electron chi connectivity index (χ0n) is 34.0. The minimum Gasteiger partial charge on any atom is -0.359 e. The predicted molar refractivity (Wildman–Crippen MR) is 232 cm³/mol. The summed E-state index contributed by atoms with van der Waals surface area (Å²) in [6.45, 7) is 0.806. The highest BCUT2D eigenvalue weighted by Gasteiger charge is 2.50. The Morgan fingerprint density at radius 2 is 1.00 bits per heavy atom. The predicted octanol–water partition coefficient (Wildman–Crippen LogP) is 9.19. The van der Waals surface area contributed by atoms with Crippen molar-refractivity contribution in [1.82, 2.24) is 30.2 Å². The fraction of sp³-hybridized carbons (Fsp3) is 0.469. The lowest BCUT2D eigenvalue weighted by atomic mass is 9.54. The first-order chi connectivity index (χ1) is 28.8. The maximum Gasteiger partial charge on any atom is 0.256 e. The lowest BCUT2D eigenvalue weighted by Gasteiger charge is -2.54. The third-order valence-electron chi connectivity index (χ3n) is 14.9. The molecule has 8 fully saturated rings. The molecule has 0 unspecified atom stereocenters. The number of benzene rings is 3. The highest BCUT2D eigenvalue weighted by Crippen LogP contribution is 2.55. The molecule has 8 bridgehead atoms. The highest BCUT2D eigenvalue weighted by molar-refractivity contribution is 6.33. The van der Waals surface area contributed by atoms with Gasteiger partial charge in [0.25, 0.3) is 11.8 Å². The minimum atomic E-state index is -0.0790. The molecular formula is C49H56ClN7O2. The van der Waals surface area contributed by atoms with Gasteiger partial charge in [-0.25, -0.2) is 9.36 Å². The average Bonchev–Trinajstić information content (AvgIpc) is 3.88.